The average molecular weight is 301 g/mol. The molecule has 6 nitrogen and oxygen atoms in total. The third kappa shape index (κ3) is 3.03. The maximum absolute atomic E-state index is 12.0. The Morgan fingerprint density at radius 2 is 2.23 bits per heavy atom. The molecular weight excluding hydrogens is 282 g/mol. The van der Waals surface area contributed by atoms with Gasteiger partial charge in [-0.3, -0.25) is 4.79 Å². The number of rotatable bonds is 4. The molecule has 0 aliphatic carbocycles. The standard InChI is InChI=1S/C16H19N3O3/c1-11-15(22-10-18-11)13-6-4-12(5-7-13)9-17-16(20)14-3-2-8-19(14)21/h4-7,10,14,21H,2-3,8-9H2,1H3,(H,17,20). The maximum Gasteiger partial charge on any atom is 0.240 e. The van der Waals surface area contributed by atoms with E-state index in [-0.39, 0.29) is 5.91 Å². The van der Waals surface area contributed by atoms with Crippen LogP contribution >= 0.6 is 0 Å². The van der Waals surface area contributed by atoms with Gasteiger partial charge in [0.05, 0.1) is 5.69 Å². The number of amides is 1. The highest BCUT2D eigenvalue weighted by atomic mass is 16.5. The van der Waals surface area contributed by atoms with Crippen molar-refractivity contribution in [2.75, 3.05) is 6.54 Å². The number of aromatic nitrogens is 1. The second-order valence-corrected chi connectivity index (χ2v) is 5.50. The van der Waals surface area contributed by atoms with Crippen LogP contribution in [0.3, 0.4) is 0 Å². The number of carbonyl (C=O) groups is 1. The zero-order chi connectivity index (χ0) is 15.5. The first kappa shape index (κ1) is 14.7. The molecule has 6 heteroatoms. The van der Waals surface area contributed by atoms with Crippen LogP contribution in [0, 0.1) is 6.92 Å². The first-order chi connectivity index (χ1) is 10.6. The molecule has 0 spiro atoms. The Labute approximate surface area is 128 Å². The first-order valence-electron chi connectivity index (χ1n) is 7.38. The molecule has 1 unspecified atom stereocenters. The highest BCUT2D eigenvalue weighted by Crippen LogP contribution is 2.22. The van der Waals surface area contributed by atoms with Crippen LogP contribution in [0.25, 0.3) is 11.3 Å². The summed E-state index contributed by atoms with van der Waals surface area (Å²) in [5, 5.41) is 13.6. The molecule has 0 radical (unpaired) electrons. The Hall–Kier alpha value is -2.18. The van der Waals surface area contributed by atoms with Crippen LogP contribution in [-0.4, -0.2) is 33.7 Å². The molecule has 2 heterocycles. The number of hydroxylamine groups is 2. The topological polar surface area (TPSA) is 78.6 Å². The van der Waals surface area contributed by atoms with E-state index in [9.17, 15) is 10.0 Å². The highest BCUT2D eigenvalue weighted by Gasteiger charge is 2.29. The Kier molecular flexibility index (Phi) is 4.22. The van der Waals surface area contributed by atoms with E-state index in [2.05, 4.69) is 10.3 Å². The van der Waals surface area contributed by atoms with Gasteiger partial charge in [0.2, 0.25) is 5.91 Å². The number of oxazole rings is 1. The summed E-state index contributed by atoms with van der Waals surface area (Å²) in [6, 6.07) is 7.37. The monoisotopic (exact) mass is 301 g/mol. The normalized spacial score (nSPS) is 18.5. The van der Waals surface area contributed by atoms with Crippen molar-refractivity contribution >= 4 is 5.91 Å². The first-order valence-corrected chi connectivity index (χ1v) is 7.38. The highest BCUT2D eigenvalue weighted by molar-refractivity contribution is 5.81. The van der Waals surface area contributed by atoms with Crippen LogP contribution in [0.1, 0.15) is 24.1 Å². The molecule has 1 aliphatic heterocycles. The van der Waals surface area contributed by atoms with Crippen LogP contribution < -0.4 is 5.32 Å². The molecule has 1 amide bonds. The second-order valence-electron chi connectivity index (χ2n) is 5.50. The fraction of sp³-hybridized carbons (Fsp3) is 0.375. The molecule has 1 aliphatic rings. The molecular formula is C16H19N3O3. The molecule has 1 atom stereocenters. The third-order valence-electron chi connectivity index (χ3n) is 3.96. The zero-order valence-corrected chi connectivity index (χ0v) is 12.5. The minimum atomic E-state index is -0.420. The SMILES string of the molecule is Cc1ncoc1-c1ccc(CNC(=O)C2CCCN2O)cc1. The Morgan fingerprint density at radius 3 is 2.82 bits per heavy atom. The molecule has 116 valence electrons. The van der Waals surface area contributed by atoms with Gasteiger partial charge < -0.3 is 14.9 Å². The molecule has 1 saturated heterocycles. The summed E-state index contributed by atoms with van der Waals surface area (Å²) in [6.45, 7) is 2.90. The van der Waals surface area contributed by atoms with E-state index in [4.69, 9.17) is 4.42 Å². The summed E-state index contributed by atoms with van der Waals surface area (Å²) in [5.41, 5.74) is 2.81. The lowest BCUT2D eigenvalue weighted by Crippen LogP contribution is -2.41. The van der Waals surface area contributed by atoms with E-state index in [1.165, 1.54) is 6.39 Å². The fourth-order valence-corrected chi connectivity index (χ4v) is 2.68. The molecule has 1 aromatic carbocycles. The van der Waals surface area contributed by atoms with Gasteiger partial charge in [-0.2, -0.15) is 5.06 Å². The molecule has 0 bridgehead atoms. The van der Waals surface area contributed by atoms with E-state index in [0.717, 1.165) is 34.1 Å². The molecule has 2 N–H and O–H groups in total. The van der Waals surface area contributed by atoms with Crippen LogP contribution in [0.4, 0.5) is 0 Å². The van der Waals surface area contributed by atoms with Gasteiger partial charge in [-0.1, -0.05) is 24.3 Å². The van der Waals surface area contributed by atoms with E-state index in [1.807, 2.05) is 31.2 Å². The lowest BCUT2D eigenvalue weighted by molar-refractivity contribution is -0.145. The smallest absolute Gasteiger partial charge is 0.240 e. The van der Waals surface area contributed by atoms with Crippen molar-refractivity contribution in [3.05, 3.63) is 41.9 Å². The maximum atomic E-state index is 12.0. The van der Waals surface area contributed by atoms with Crippen molar-refractivity contribution in [1.29, 1.82) is 0 Å². The lowest BCUT2D eigenvalue weighted by atomic mass is 10.1. The van der Waals surface area contributed by atoms with E-state index < -0.39 is 6.04 Å². The summed E-state index contributed by atoms with van der Waals surface area (Å²) >= 11 is 0. The van der Waals surface area contributed by atoms with Gasteiger partial charge in [0.25, 0.3) is 0 Å². The van der Waals surface area contributed by atoms with Gasteiger partial charge in [-0.25, -0.2) is 4.98 Å². The van der Waals surface area contributed by atoms with Gasteiger partial charge in [-0.15, -0.1) is 0 Å². The summed E-state index contributed by atoms with van der Waals surface area (Å²) in [7, 11) is 0. The Morgan fingerprint density at radius 1 is 1.45 bits per heavy atom. The Balaban J connectivity index is 1.60. The number of nitrogens with zero attached hydrogens (tertiary/aromatic N) is 2. The molecule has 2 aromatic rings. The third-order valence-corrected chi connectivity index (χ3v) is 3.96. The number of aryl methyl sites for hydroxylation is 1. The average Bonchev–Trinajstić information content (AvgIpc) is 3.14. The second kappa shape index (κ2) is 6.29. The minimum Gasteiger partial charge on any atom is -0.443 e. The van der Waals surface area contributed by atoms with Crippen LogP contribution in [0.2, 0.25) is 0 Å². The van der Waals surface area contributed by atoms with E-state index in [1.54, 1.807) is 0 Å². The van der Waals surface area contributed by atoms with Gasteiger partial charge >= 0.3 is 0 Å². The van der Waals surface area contributed by atoms with Gasteiger partial charge in [0, 0.05) is 18.7 Å². The minimum absolute atomic E-state index is 0.129. The van der Waals surface area contributed by atoms with Gasteiger partial charge in [0.15, 0.2) is 12.2 Å². The summed E-state index contributed by atoms with van der Waals surface area (Å²) in [6.07, 6.45) is 2.98. The molecule has 22 heavy (non-hydrogen) atoms. The van der Waals surface area contributed by atoms with Crippen molar-refractivity contribution in [1.82, 2.24) is 15.4 Å². The largest absolute Gasteiger partial charge is 0.443 e. The summed E-state index contributed by atoms with van der Waals surface area (Å²) in [5.74, 6) is 0.632. The zero-order valence-electron chi connectivity index (χ0n) is 12.5. The number of hydrogen-bond acceptors (Lipinski definition) is 5. The summed E-state index contributed by atoms with van der Waals surface area (Å²) < 4.78 is 5.35. The predicted molar refractivity (Wildman–Crippen MR) is 80.0 cm³/mol. The fourth-order valence-electron chi connectivity index (χ4n) is 2.68. The molecule has 0 saturated carbocycles. The summed E-state index contributed by atoms with van der Waals surface area (Å²) in [4.78, 5) is 16.1. The van der Waals surface area contributed by atoms with Crippen LogP contribution in [-0.2, 0) is 11.3 Å². The van der Waals surface area contributed by atoms with Gasteiger partial charge in [0.1, 0.15) is 6.04 Å². The van der Waals surface area contributed by atoms with Crippen molar-refractivity contribution in [3.63, 3.8) is 0 Å². The number of hydrogen-bond donors (Lipinski definition) is 2. The predicted octanol–water partition coefficient (Wildman–Crippen LogP) is 2.12. The number of nitrogens with one attached hydrogen (secondary N) is 1. The van der Waals surface area contributed by atoms with Gasteiger partial charge in [-0.05, 0) is 25.3 Å². The van der Waals surface area contributed by atoms with Crippen LogP contribution in [0.5, 0.6) is 0 Å². The number of benzene rings is 1. The van der Waals surface area contributed by atoms with E-state index >= 15 is 0 Å². The quantitative estimate of drug-likeness (QED) is 0.904. The van der Waals surface area contributed by atoms with Crippen molar-refractivity contribution < 1.29 is 14.4 Å². The molecule has 1 fully saturated rings. The van der Waals surface area contributed by atoms with Crippen molar-refractivity contribution in [2.45, 2.75) is 32.4 Å². The van der Waals surface area contributed by atoms with Crippen molar-refractivity contribution in [2.24, 2.45) is 0 Å². The molecule has 3 rings (SSSR count). The molecule has 1 aromatic heterocycles. The van der Waals surface area contributed by atoms with E-state index in [0.29, 0.717) is 19.5 Å². The Bertz CT molecular complexity index is 651. The lowest BCUT2D eigenvalue weighted by Gasteiger charge is -2.16. The van der Waals surface area contributed by atoms with Crippen LogP contribution in [0.15, 0.2) is 35.1 Å². The van der Waals surface area contributed by atoms with Crippen molar-refractivity contribution in [3.8, 4) is 11.3 Å². The number of carbonyl (C=O) groups excluding carboxylic acids is 1.